The van der Waals surface area contributed by atoms with Crippen molar-refractivity contribution < 1.29 is 9.90 Å². The third-order valence-electron chi connectivity index (χ3n) is 2.41. The Morgan fingerprint density at radius 2 is 2.27 bits per heavy atom. The lowest BCUT2D eigenvalue weighted by atomic mass is 9.90. The monoisotopic (exact) mass is 205 g/mol. The average molecular weight is 205 g/mol. The molecule has 2 heterocycles. The SMILES string of the molecule is CC(C)(C(=O)O)c1cc2ncccn2n1. The van der Waals surface area contributed by atoms with E-state index in [1.807, 2.05) is 0 Å². The molecule has 0 atom stereocenters. The van der Waals surface area contributed by atoms with Crippen LogP contribution in [-0.2, 0) is 10.2 Å². The Kier molecular flexibility index (Phi) is 1.96. The lowest BCUT2D eigenvalue weighted by Crippen LogP contribution is -2.29. The quantitative estimate of drug-likeness (QED) is 0.796. The standard InChI is InChI=1S/C10H11N3O2/c1-10(2,9(14)15)7-6-8-11-4-3-5-13(8)12-7/h3-6H,1-2H3,(H,14,15). The lowest BCUT2D eigenvalue weighted by molar-refractivity contribution is -0.142. The van der Waals surface area contributed by atoms with Crippen LogP contribution in [0, 0.1) is 0 Å². The van der Waals surface area contributed by atoms with Crippen molar-refractivity contribution in [3.63, 3.8) is 0 Å². The fourth-order valence-corrected chi connectivity index (χ4v) is 1.25. The number of nitrogens with zero attached hydrogens (tertiary/aromatic N) is 3. The second-order valence-corrected chi connectivity index (χ2v) is 3.88. The van der Waals surface area contributed by atoms with E-state index in [1.165, 1.54) is 0 Å². The van der Waals surface area contributed by atoms with E-state index < -0.39 is 11.4 Å². The van der Waals surface area contributed by atoms with Crippen LogP contribution in [0.15, 0.2) is 24.5 Å². The first kappa shape index (κ1) is 9.64. The first-order chi connectivity index (χ1) is 7.01. The summed E-state index contributed by atoms with van der Waals surface area (Å²) in [5.41, 5.74) is 0.170. The van der Waals surface area contributed by atoms with Crippen LogP contribution in [0.2, 0.25) is 0 Å². The van der Waals surface area contributed by atoms with E-state index >= 15 is 0 Å². The van der Waals surface area contributed by atoms with Crippen LogP contribution in [0.5, 0.6) is 0 Å². The number of carboxylic acid groups (broad SMARTS) is 1. The highest BCUT2D eigenvalue weighted by Gasteiger charge is 2.32. The van der Waals surface area contributed by atoms with Crippen molar-refractivity contribution in [2.24, 2.45) is 0 Å². The van der Waals surface area contributed by atoms with Crippen molar-refractivity contribution in [3.8, 4) is 0 Å². The summed E-state index contributed by atoms with van der Waals surface area (Å²) < 4.78 is 1.57. The van der Waals surface area contributed by atoms with E-state index in [0.29, 0.717) is 11.3 Å². The highest BCUT2D eigenvalue weighted by Crippen LogP contribution is 2.22. The highest BCUT2D eigenvalue weighted by atomic mass is 16.4. The Morgan fingerprint density at radius 3 is 2.87 bits per heavy atom. The largest absolute Gasteiger partial charge is 0.481 e. The second-order valence-electron chi connectivity index (χ2n) is 3.88. The molecular weight excluding hydrogens is 194 g/mol. The molecule has 0 aliphatic heterocycles. The molecule has 2 rings (SSSR count). The molecule has 1 N–H and O–H groups in total. The van der Waals surface area contributed by atoms with Gasteiger partial charge in [-0.25, -0.2) is 9.50 Å². The topological polar surface area (TPSA) is 67.5 Å². The zero-order valence-corrected chi connectivity index (χ0v) is 8.51. The molecule has 5 nitrogen and oxygen atoms in total. The molecule has 0 spiro atoms. The van der Waals surface area contributed by atoms with Crippen LogP contribution in [0.25, 0.3) is 5.65 Å². The summed E-state index contributed by atoms with van der Waals surface area (Å²) in [4.78, 5) is 15.1. The number of aromatic nitrogens is 3. The minimum absolute atomic E-state index is 0.508. The van der Waals surface area contributed by atoms with Crippen molar-refractivity contribution in [1.29, 1.82) is 0 Å². The lowest BCUT2D eigenvalue weighted by Gasteiger charge is -2.14. The predicted octanol–water partition coefficient (Wildman–Crippen LogP) is 1.09. The number of carboxylic acids is 1. The highest BCUT2D eigenvalue weighted by molar-refractivity contribution is 5.80. The van der Waals surface area contributed by atoms with Gasteiger partial charge in [-0.2, -0.15) is 5.10 Å². The maximum Gasteiger partial charge on any atom is 0.315 e. The van der Waals surface area contributed by atoms with Gasteiger partial charge in [0.15, 0.2) is 5.65 Å². The minimum Gasteiger partial charge on any atom is -0.481 e. The van der Waals surface area contributed by atoms with Gasteiger partial charge >= 0.3 is 5.97 Å². The Labute approximate surface area is 86.4 Å². The fraction of sp³-hybridized carbons (Fsp3) is 0.300. The molecule has 0 saturated heterocycles. The van der Waals surface area contributed by atoms with Gasteiger partial charge < -0.3 is 5.11 Å². The predicted molar refractivity (Wildman–Crippen MR) is 53.6 cm³/mol. The van der Waals surface area contributed by atoms with E-state index in [-0.39, 0.29) is 0 Å². The average Bonchev–Trinajstić information content (AvgIpc) is 2.61. The van der Waals surface area contributed by atoms with E-state index in [4.69, 9.17) is 5.11 Å². The van der Waals surface area contributed by atoms with Gasteiger partial charge in [-0.3, -0.25) is 4.79 Å². The third-order valence-corrected chi connectivity index (χ3v) is 2.41. The molecule has 0 radical (unpaired) electrons. The molecule has 0 aliphatic rings. The van der Waals surface area contributed by atoms with Crippen LogP contribution in [-0.4, -0.2) is 25.7 Å². The first-order valence-electron chi connectivity index (χ1n) is 4.56. The molecule has 78 valence electrons. The van der Waals surface area contributed by atoms with E-state index in [0.717, 1.165) is 0 Å². The van der Waals surface area contributed by atoms with Crippen LogP contribution in [0.3, 0.4) is 0 Å². The van der Waals surface area contributed by atoms with Crippen molar-refractivity contribution in [3.05, 3.63) is 30.2 Å². The Hall–Kier alpha value is -1.91. The van der Waals surface area contributed by atoms with Crippen LogP contribution < -0.4 is 0 Å². The molecule has 0 aromatic carbocycles. The van der Waals surface area contributed by atoms with Gasteiger partial charge in [0, 0.05) is 18.5 Å². The summed E-state index contributed by atoms with van der Waals surface area (Å²) >= 11 is 0. The number of hydrogen-bond donors (Lipinski definition) is 1. The van der Waals surface area contributed by atoms with Gasteiger partial charge in [-0.15, -0.1) is 0 Å². The van der Waals surface area contributed by atoms with Gasteiger partial charge in [-0.05, 0) is 19.9 Å². The van der Waals surface area contributed by atoms with Crippen molar-refractivity contribution >= 4 is 11.6 Å². The fourth-order valence-electron chi connectivity index (χ4n) is 1.25. The van der Waals surface area contributed by atoms with Crippen LogP contribution >= 0.6 is 0 Å². The van der Waals surface area contributed by atoms with Crippen LogP contribution in [0.1, 0.15) is 19.5 Å². The van der Waals surface area contributed by atoms with E-state index in [9.17, 15) is 4.79 Å². The number of hydrogen-bond acceptors (Lipinski definition) is 3. The van der Waals surface area contributed by atoms with Crippen molar-refractivity contribution in [2.75, 3.05) is 0 Å². The maximum atomic E-state index is 11.0. The summed E-state index contributed by atoms with van der Waals surface area (Å²) in [6, 6.07) is 3.44. The summed E-state index contributed by atoms with van der Waals surface area (Å²) in [6.07, 6.45) is 3.39. The molecule has 0 saturated carbocycles. The van der Waals surface area contributed by atoms with E-state index in [1.54, 1.807) is 42.9 Å². The number of rotatable bonds is 2. The Balaban J connectivity index is 2.58. The Morgan fingerprint density at radius 1 is 1.53 bits per heavy atom. The smallest absolute Gasteiger partial charge is 0.315 e. The maximum absolute atomic E-state index is 11.0. The zero-order valence-electron chi connectivity index (χ0n) is 8.51. The van der Waals surface area contributed by atoms with Crippen molar-refractivity contribution in [1.82, 2.24) is 14.6 Å². The normalized spacial score (nSPS) is 11.9. The zero-order chi connectivity index (χ0) is 11.1. The molecule has 2 aromatic heterocycles. The first-order valence-corrected chi connectivity index (χ1v) is 4.56. The minimum atomic E-state index is -0.992. The number of carbonyl (C=O) groups is 1. The Bertz CT molecular complexity index is 483. The van der Waals surface area contributed by atoms with Crippen molar-refractivity contribution in [2.45, 2.75) is 19.3 Å². The van der Waals surface area contributed by atoms with Gasteiger partial charge in [0.25, 0.3) is 0 Å². The van der Waals surface area contributed by atoms with Crippen LogP contribution in [0.4, 0.5) is 0 Å². The molecule has 15 heavy (non-hydrogen) atoms. The van der Waals surface area contributed by atoms with Gasteiger partial charge in [0.2, 0.25) is 0 Å². The third kappa shape index (κ3) is 1.45. The molecule has 0 unspecified atom stereocenters. The summed E-state index contributed by atoms with van der Waals surface area (Å²) in [7, 11) is 0. The number of fused-ring (bicyclic) bond motifs is 1. The molecule has 0 fully saturated rings. The van der Waals surface area contributed by atoms with Gasteiger partial charge in [-0.1, -0.05) is 0 Å². The number of aliphatic carboxylic acids is 1. The molecule has 0 bridgehead atoms. The van der Waals surface area contributed by atoms with Gasteiger partial charge in [0.05, 0.1) is 5.69 Å². The molecule has 0 aliphatic carbocycles. The second kappa shape index (κ2) is 3.05. The molecule has 0 amide bonds. The molecule has 5 heteroatoms. The summed E-state index contributed by atoms with van der Waals surface area (Å²) in [6.45, 7) is 3.24. The molecular formula is C10H11N3O2. The summed E-state index contributed by atoms with van der Waals surface area (Å²) in [5.74, 6) is -0.897. The van der Waals surface area contributed by atoms with E-state index in [2.05, 4.69) is 10.1 Å². The summed E-state index contributed by atoms with van der Waals surface area (Å²) in [5, 5.41) is 13.2. The molecule has 2 aromatic rings. The van der Waals surface area contributed by atoms with Gasteiger partial charge in [0.1, 0.15) is 5.41 Å².